The van der Waals surface area contributed by atoms with Gasteiger partial charge in [-0.1, -0.05) is 158 Å². The van der Waals surface area contributed by atoms with Crippen LogP contribution in [0.4, 0.5) is 0 Å². The van der Waals surface area contributed by atoms with E-state index in [1.165, 1.54) is 0 Å². The molecule has 0 fully saturated rings. The number of hydrogen-bond acceptors (Lipinski definition) is 4. The van der Waals surface area contributed by atoms with Crippen LogP contribution in [-0.4, -0.2) is 19.5 Å². The maximum Gasteiger partial charge on any atom is 0.166 e. The number of furan rings is 1. The van der Waals surface area contributed by atoms with Gasteiger partial charge in [0.2, 0.25) is 0 Å². The van der Waals surface area contributed by atoms with Crippen molar-refractivity contribution < 1.29 is 4.42 Å². The van der Waals surface area contributed by atoms with Gasteiger partial charge in [-0.2, -0.15) is 0 Å². The molecule has 0 saturated carbocycles. The van der Waals surface area contributed by atoms with E-state index in [0.29, 0.717) is 17.5 Å². The highest BCUT2D eigenvalue weighted by Crippen LogP contribution is 2.42. The summed E-state index contributed by atoms with van der Waals surface area (Å²) in [6, 6.07) is 67.3. The first kappa shape index (κ1) is 31.9. The molecule has 0 aliphatic rings. The van der Waals surface area contributed by atoms with Crippen LogP contribution in [0.2, 0.25) is 0 Å². The predicted molar refractivity (Wildman–Crippen MR) is 229 cm³/mol. The lowest BCUT2D eigenvalue weighted by Gasteiger charge is -2.14. The van der Waals surface area contributed by atoms with Crippen molar-refractivity contribution >= 4 is 43.7 Å². The quantitative estimate of drug-likeness (QED) is 0.172. The molecule has 0 aliphatic carbocycles. The Morgan fingerprint density at radius 2 is 0.893 bits per heavy atom. The molecular formula is C51H32N4O. The van der Waals surface area contributed by atoms with Gasteiger partial charge in [-0.05, 0) is 58.7 Å². The number of hydrogen-bond donors (Lipinski definition) is 0. The largest absolute Gasteiger partial charge is 0.456 e. The molecule has 0 radical (unpaired) electrons. The molecule has 0 N–H and O–H groups in total. The standard InChI is InChI=1S/C51H32N4O/c1-4-14-33(15-5-1)35-26-28-37(29-27-35)50-52-49(36-18-8-3-9-19-36)53-51(54-50)41-22-12-21-40-39-20-10-11-23-43(39)55(48(40)41)44-24-13-25-46-47(44)42-32-38(30-31-45(42)56-46)34-16-6-2-7-17-34/h1-32H. The average Bonchev–Trinajstić information content (AvgIpc) is 3.83. The third-order valence-corrected chi connectivity index (χ3v) is 10.7. The maximum absolute atomic E-state index is 6.54. The van der Waals surface area contributed by atoms with Gasteiger partial charge in [-0.3, -0.25) is 0 Å². The van der Waals surface area contributed by atoms with Gasteiger partial charge in [-0.25, -0.2) is 15.0 Å². The molecule has 11 rings (SSSR count). The number of fused-ring (bicyclic) bond motifs is 6. The Balaban J connectivity index is 1.17. The highest BCUT2D eigenvalue weighted by Gasteiger charge is 2.22. The Labute approximate surface area is 322 Å². The fourth-order valence-corrected chi connectivity index (χ4v) is 8.04. The van der Waals surface area contributed by atoms with Crippen molar-refractivity contribution in [1.82, 2.24) is 19.5 Å². The number of para-hydroxylation sites is 2. The maximum atomic E-state index is 6.54. The van der Waals surface area contributed by atoms with Gasteiger partial charge >= 0.3 is 0 Å². The summed E-state index contributed by atoms with van der Waals surface area (Å²) < 4.78 is 8.91. The second kappa shape index (κ2) is 13.0. The topological polar surface area (TPSA) is 56.7 Å². The molecule has 0 atom stereocenters. The first-order chi connectivity index (χ1) is 27.8. The van der Waals surface area contributed by atoms with E-state index >= 15 is 0 Å². The zero-order chi connectivity index (χ0) is 37.0. The van der Waals surface area contributed by atoms with E-state index in [9.17, 15) is 0 Å². The fourth-order valence-electron chi connectivity index (χ4n) is 8.04. The van der Waals surface area contributed by atoms with E-state index in [4.69, 9.17) is 19.4 Å². The van der Waals surface area contributed by atoms with Crippen molar-refractivity contribution in [1.29, 1.82) is 0 Å². The lowest BCUT2D eigenvalue weighted by molar-refractivity contribution is 0.669. The molecule has 0 spiro atoms. The molecule has 0 bridgehead atoms. The van der Waals surface area contributed by atoms with Crippen LogP contribution >= 0.6 is 0 Å². The molecule has 3 aromatic heterocycles. The molecule has 8 aromatic carbocycles. The highest BCUT2D eigenvalue weighted by molar-refractivity contribution is 6.17. The lowest BCUT2D eigenvalue weighted by atomic mass is 10.0. The summed E-state index contributed by atoms with van der Waals surface area (Å²) in [5.74, 6) is 1.84. The number of benzene rings is 8. The van der Waals surface area contributed by atoms with E-state index in [0.717, 1.165) is 88.4 Å². The normalized spacial score (nSPS) is 11.6. The van der Waals surface area contributed by atoms with Gasteiger partial charge in [0, 0.05) is 32.8 Å². The molecule has 0 amide bonds. The van der Waals surface area contributed by atoms with E-state index in [2.05, 4.69) is 156 Å². The third-order valence-electron chi connectivity index (χ3n) is 10.7. The van der Waals surface area contributed by atoms with Crippen molar-refractivity contribution in [2.45, 2.75) is 0 Å². The van der Waals surface area contributed by atoms with Crippen LogP contribution < -0.4 is 0 Å². The van der Waals surface area contributed by atoms with E-state index in [1.54, 1.807) is 0 Å². The molecule has 0 unspecified atom stereocenters. The SMILES string of the molecule is c1ccc(-c2ccc(-c3nc(-c4ccccc4)nc(-c4cccc5c6ccccc6n(-c6cccc7oc8ccc(-c9ccccc9)cc8c67)c45)n3)cc2)cc1. The first-order valence-corrected chi connectivity index (χ1v) is 18.8. The van der Waals surface area contributed by atoms with Crippen molar-refractivity contribution in [3.8, 4) is 62.1 Å². The van der Waals surface area contributed by atoms with E-state index in [-0.39, 0.29) is 0 Å². The highest BCUT2D eigenvalue weighted by atomic mass is 16.3. The number of aromatic nitrogens is 4. The van der Waals surface area contributed by atoms with Crippen LogP contribution in [0.1, 0.15) is 0 Å². The molecule has 3 heterocycles. The Morgan fingerprint density at radius 1 is 0.357 bits per heavy atom. The summed E-state index contributed by atoms with van der Waals surface area (Å²) in [5.41, 5.74) is 12.2. The fraction of sp³-hybridized carbons (Fsp3) is 0. The van der Waals surface area contributed by atoms with Crippen LogP contribution in [0.25, 0.3) is 106 Å². The molecule has 11 aromatic rings. The minimum absolute atomic E-state index is 0.603. The van der Waals surface area contributed by atoms with Crippen molar-refractivity contribution in [2.75, 3.05) is 0 Å². The smallest absolute Gasteiger partial charge is 0.166 e. The summed E-state index contributed by atoms with van der Waals surface area (Å²) in [4.78, 5) is 15.5. The summed E-state index contributed by atoms with van der Waals surface area (Å²) >= 11 is 0. The van der Waals surface area contributed by atoms with Gasteiger partial charge in [0.15, 0.2) is 17.5 Å². The minimum atomic E-state index is 0.603. The summed E-state index contributed by atoms with van der Waals surface area (Å²) in [7, 11) is 0. The number of nitrogens with zero attached hydrogens (tertiary/aromatic N) is 4. The second-order valence-electron chi connectivity index (χ2n) is 14.0. The molecule has 0 aliphatic heterocycles. The van der Waals surface area contributed by atoms with E-state index < -0.39 is 0 Å². The summed E-state index contributed by atoms with van der Waals surface area (Å²) in [6.07, 6.45) is 0. The predicted octanol–water partition coefficient (Wildman–Crippen LogP) is 13.2. The van der Waals surface area contributed by atoms with Crippen molar-refractivity contribution in [2.24, 2.45) is 0 Å². The Bertz CT molecular complexity index is 3220. The number of rotatable bonds is 6. The van der Waals surface area contributed by atoms with Gasteiger partial charge in [0.05, 0.1) is 22.1 Å². The van der Waals surface area contributed by atoms with Crippen LogP contribution in [0.5, 0.6) is 0 Å². The zero-order valence-electron chi connectivity index (χ0n) is 30.2. The van der Waals surface area contributed by atoms with Gasteiger partial charge in [0.1, 0.15) is 11.2 Å². The van der Waals surface area contributed by atoms with Crippen LogP contribution in [-0.2, 0) is 0 Å². The third kappa shape index (κ3) is 5.29. The average molecular weight is 717 g/mol. The van der Waals surface area contributed by atoms with Crippen molar-refractivity contribution in [3.63, 3.8) is 0 Å². The van der Waals surface area contributed by atoms with Crippen LogP contribution in [0, 0.1) is 0 Å². The Hall–Kier alpha value is -7.63. The minimum Gasteiger partial charge on any atom is -0.456 e. The molecule has 5 nitrogen and oxygen atoms in total. The molecule has 56 heavy (non-hydrogen) atoms. The summed E-state index contributed by atoms with van der Waals surface area (Å²) in [6.45, 7) is 0. The molecule has 0 saturated heterocycles. The Morgan fingerprint density at radius 3 is 1.62 bits per heavy atom. The van der Waals surface area contributed by atoms with E-state index in [1.807, 2.05) is 42.5 Å². The zero-order valence-corrected chi connectivity index (χ0v) is 30.2. The van der Waals surface area contributed by atoms with Gasteiger partial charge in [-0.15, -0.1) is 0 Å². The van der Waals surface area contributed by atoms with Crippen LogP contribution in [0.3, 0.4) is 0 Å². The van der Waals surface area contributed by atoms with Crippen LogP contribution in [0.15, 0.2) is 199 Å². The second-order valence-corrected chi connectivity index (χ2v) is 14.0. The molecule has 5 heteroatoms. The molecular weight excluding hydrogens is 685 g/mol. The summed E-state index contributed by atoms with van der Waals surface area (Å²) in [5, 5.41) is 4.38. The van der Waals surface area contributed by atoms with Gasteiger partial charge < -0.3 is 8.98 Å². The lowest BCUT2D eigenvalue weighted by Crippen LogP contribution is -2.02. The monoisotopic (exact) mass is 716 g/mol. The first-order valence-electron chi connectivity index (χ1n) is 18.8. The molecule has 262 valence electrons. The van der Waals surface area contributed by atoms with Crippen molar-refractivity contribution in [3.05, 3.63) is 194 Å². The van der Waals surface area contributed by atoms with Gasteiger partial charge in [0.25, 0.3) is 0 Å². The Kier molecular flexibility index (Phi) is 7.42.